The maximum atomic E-state index is 12.1. The van der Waals surface area contributed by atoms with Crippen LogP contribution in [0.4, 0.5) is 0 Å². The molecule has 0 saturated carbocycles. The van der Waals surface area contributed by atoms with E-state index in [1.807, 2.05) is 56.3 Å². The van der Waals surface area contributed by atoms with E-state index >= 15 is 0 Å². The molecule has 1 N–H and O–H groups in total. The molecule has 2 aromatic rings. The third kappa shape index (κ3) is 5.99. The number of aromatic hydroxyl groups is 1. The second-order valence-corrected chi connectivity index (χ2v) is 6.40. The number of ether oxygens (including phenoxy) is 2. The first-order valence-electron chi connectivity index (χ1n) is 8.78. The zero-order chi connectivity index (χ0) is 19.8. The van der Waals surface area contributed by atoms with E-state index < -0.39 is 11.9 Å². The number of carbonyl (C=O) groups is 2. The SMILES string of the molecule is COC(=O)CCC(=O)Oc1cc(/C=C/c2ccccc2)cc(O)c1C(C)C. The predicted molar refractivity (Wildman–Crippen MR) is 104 cm³/mol. The zero-order valence-corrected chi connectivity index (χ0v) is 15.8. The number of rotatable bonds is 7. The van der Waals surface area contributed by atoms with Crippen molar-refractivity contribution in [2.24, 2.45) is 0 Å². The van der Waals surface area contributed by atoms with Crippen LogP contribution < -0.4 is 4.74 Å². The minimum absolute atomic E-state index is 0.0411. The normalized spacial score (nSPS) is 11.0. The van der Waals surface area contributed by atoms with E-state index in [-0.39, 0.29) is 24.5 Å². The van der Waals surface area contributed by atoms with Crippen molar-refractivity contribution in [2.75, 3.05) is 7.11 Å². The van der Waals surface area contributed by atoms with Gasteiger partial charge in [0.05, 0.1) is 20.0 Å². The van der Waals surface area contributed by atoms with Crippen LogP contribution in [-0.2, 0) is 14.3 Å². The molecule has 0 radical (unpaired) electrons. The van der Waals surface area contributed by atoms with Crippen molar-refractivity contribution in [3.63, 3.8) is 0 Å². The Bertz CT molecular complexity index is 822. The molecule has 5 heteroatoms. The third-order valence-corrected chi connectivity index (χ3v) is 3.97. The van der Waals surface area contributed by atoms with Crippen LogP contribution in [-0.4, -0.2) is 24.2 Å². The standard InChI is InChI=1S/C22H24O5/c1-15(2)22-18(23)13-17(10-9-16-7-5-4-6-8-16)14-19(22)27-21(25)12-11-20(24)26-3/h4-10,13-15,23H,11-12H2,1-3H3/b10-9+. The van der Waals surface area contributed by atoms with Crippen molar-refractivity contribution in [2.45, 2.75) is 32.6 Å². The van der Waals surface area contributed by atoms with Crippen LogP contribution in [0.15, 0.2) is 42.5 Å². The van der Waals surface area contributed by atoms with Gasteiger partial charge in [-0.2, -0.15) is 0 Å². The number of carbonyl (C=O) groups excluding carboxylic acids is 2. The topological polar surface area (TPSA) is 72.8 Å². The zero-order valence-electron chi connectivity index (χ0n) is 15.8. The molecule has 0 aromatic heterocycles. The van der Waals surface area contributed by atoms with E-state index in [0.29, 0.717) is 16.9 Å². The fraction of sp³-hybridized carbons (Fsp3) is 0.273. The summed E-state index contributed by atoms with van der Waals surface area (Å²) in [7, 11) is 1.27. The number of phenols is 1. The summed E-state index contributed by atoms with van der Waals surface area (Å²) in [5.74, 6) is -0.701. The Balaban J connectivity index is 2.25. The minimum atomic E-state index is -0.550. The maximum absolute atomic E-state index is 12.1. The monoisotopic (exact) mass is 368 g/mol. The van der Waals surface area contributed by atoms with E-state index in [9.17, 15) is 14.7 Å². The number of hydrogen-bond donors (Lipinski definition) is 1. The van der Waals surface area contributed by atoms with Crippen molar-refractivity contribution >= 4 is 24.1 Å². The molecule has 0 bridgehead atoms. The van der Waals surface area contributed by atoms with Gasteiger partial charge in [-0.15, -0.1) is 0 Å². The van der Waals surface area contributed by atoms with Gasteiger partial charge in [0.25, 0.3) is 0 Å². The molecule has 0 heterocycles. The highest BCUT2D eigenvalue weighted by molar-refractivity contribution is 5.80. The highest BCUT2D eigenvalue weighted by Gasteiger charge is 2.18. The van der Waals surface area contributed by atoms with Gasteiger partial charge in [-0.25, -0.2) is 0 Å². The molecule has 0 saturated heterocycles. The molecule has 142 valence electrons. The van der Waals surface area contributed by atoms with Crippen LogP contribution in [0.3, 0.4) is 0 Å². The smallest absolute Gasteiger partial charge is 0.311 e. The molecule has 27 heavy (non-hydrogen) atoms. The second-order valence-electron chi connectivity index (χ2n) is 6.40. The number of phenolic OH excluding ortho intramolecular Hbond substituents is 1. The van der Waals surface area contributed by atoms with Gasteiger partial charge in [0, 0.05) is 5.56 Å². The van der Waals surface area contributed by atoms with Gasteiger partial charge in [0.15, 0.2) is 0 Å². The molecule has 0 unspecified atom stereocenters. The second kappa shape index (κ2) is 9.57. The lowest BCUT2D eigenvalue weighted by Gasteiger charge is -2.15. The van der Waals surface area contributed by atoms with E-state index in [4.69, 9.17) is 4.74 Å². The van der Waals surface area contributed by atoms with E-state index in [0.717, 1.165) is 5.56 Å². The van der Waals surface area contributed by atoms with Gasteiger partial charge in [0.2, 0.25) is 0 Å². The number of esters is 2. The van der Waals surface area contributed by atoms with Gasteiger partial charge in [-0.1, -0.05) is 56.3 Å². The molecule has 0 spiro atoms. The van der Waals surface area contributed by atoms with Gasteiger partial charge in [-0.05, 0) is 29.2 Å². The van der Waals surface area contributed by atoms with Crippen LogP contribution in [0.2, 0.25) is 0 Å². The molecule has 0 amide bonds. The molecule has 5 nitrogen and oxygen atoms in total. The number of hydrogen-bond acceptors (Lipinski definition) is 5. The minimum Gasteiger partial charge on any atom is -0.507 e. The third-order valence-electron chi connectivity index (χ3n) is 3.97. The summed E-state index contributed by atoms with van der Waals surface area (Å²) in [6.07, 6.45) is 3.61. The molecule has 2 aromatic carbocycles. The summed E-state index contributed by atoms with van der Waals surface area (Å²) in [5, 5.41) is 10.4. The van der Waals surface area contributed by atoms with Crippen molar-refractivity contribution in [1.82, 2.24) is 0 Å². The van der Waals surface area contributed by atoms with E-state index in [2.05, 4.69) is 4.74 Å². The van der Waals surface area contributed by atoms with Crippen molar-refractivity contribution in [1.29, 1.82) is 0 Å². The Morgan fingerprint density at radius 3 is 2.26 bits per heavy atom. The Labute approximate surface area is 159 Å². The molecule has 0 fully saturated rings. The van der Waals surface area contributed by atoms with Crippen molar-refractivity contribution in [3.8, 4) is 11.5 Å². The van der Waals surface area contributed by atoms with Crippen LogP contribution in [0.5, 0.6) is 11.5 Å². The summed E-state index contributed by atoms with van der Waals surface area (Å²) < 4.78 is 9.96. The Morgan fingerprint density at radius 2 is 1.63 bits per heavy atom. The van der Waals surface area contributed by atoms with Crippen molar-refractivity contribution < 1.29 is 24.2 Å². The summed E-state index contributed by atoms with van der Waals surface area (Å²) in [4.78, 5) is 23.3. The van der Waals surface area contributed by atoms with Gasteiger partial charge < -0.3 is 14.6 Å². The van der Waals surface area contributed by atoms with Gasteiger partial charge in [0.1, 0.15) is 11.5 Å². The summed E-state index contributed by atoms with van der Waals surface area (Å²) in [5.41, 5.74) is 2.27. The lowest BCUT2D eigenvalue weighted by atomic mass is 9.98. The quantitative estimate of drug-likeness (QED) is 0.441. The number of methoxy groups -OCH3 is 1. The first-order chi connectivity index (χ1) is 12.9. The molecular formula is C22H24O5. The fourth-order valence-corrected chi connectivity index (χ4v) is 2.63. The first-order valence-corrected chi connectivity index (χ1v) is 8.78. The van der Waals surface area contributed by atoms with Crippen molar-refractivity contribution in [3.05, 3.63) is 59.2 Å². The van der Waals surface area contributed by atoms with Crippen LogP contribution in [0.1, 0.15) is 49.3 Å². The molecule has 0 atom stereocenters. The average molecular weight is 368 g/mol. The highest BCUT2D eigenvalue weighted by atomic mass is 16.5. The summed E-state index contributed by atoms with van der Waals surface area (Å²) >= 11 is 0. The maximum Gasteiger partial charge on any atom is 0.311 e. The molecule has 0 aliphatic heterocycles. The lowest BCUT2D eigenvalue weighted by molar-refractivity contribution is -0.144. The Kier molecular flexibility index (Phi) is 7.17. The first kappa shape index (κ1) is 20.2. The van der Waals surface area contributed by atoms with E-state index in [1.54, 1.807) is 12.1 Å². The summed E-state index contributed by atoms with van der Waals surface area (Å²) in [6, 6.07) is 13.1. The molecule has 2 rings (SSSR count). The Hall–Kier alpha value is -3.08. The van der Waals surface area contributed by atoms with Crippen LogP contribution in [0, 0.1) is 0 Å². The molecule has 0 aliphatic rings. The average Bonchev–Trinajstić information content (AvgIpc) is 2.64. The van der Waals surface area contributed by atoms with Crippen LogP contribution >= 0.6 is 0 Å². The van der Waals surface area contributed by atoms with E-state index in [1.165, 1.54) is 7.11 Å². The van der Waals surface area contributed by atoms with Gasteiger partial charge in [-0.3, -0.25) is 9.59 Å². The highest BCUT2D eigenvalue weighted by Crippen LogP contribution is 2.36. The van der Waals surface area contributed by atoms with Crippen LogP contribution in [0.25, 0.3) is 12.2 Å². The largest absolute Gasteiger partial charge is 0.507 e. The number of benzene rings is 2. The molecule has 0 aliphatic carbocycles. The van der Waals surface area contributed by atoms with Gasteiger partial charge >= 0.3 is 11.9 Å². The molecular weight excluding hydrogens is 344 g/mol. The predicted octanol–water partition coefficient (Wildman–Crippen LogP) is 4.54. The fourth-order valence-electron chi connectivity index (χ4n) is 2.63. The summed E-state index contributed by atoms with van der Waals surface area (Å²) in [6.45, 7) is 3.81. The Morgan fingerprint density at radius 1 is 1.00 bits per heavy atom. The lowest BCUT2D eigenvalue weighted by Crippen LogP contribution is -2.12.